The fourth-order valence-corrected chi connectivity index (χ4v) is 9.05. The fourth-order valence-electron chi connectivity index (χ4n) is 6.75. The first kappa shape index (κ1) is 74.9. The SMILES string of the molecule is NCCOCCOCCOCCOc1cccc(OCCOCCOCCOCCN)n1.[N-]=[N+]=NCCOCCOCCOCCOc1cccc(OCCOCCOCCOCCN=[N+]=[N-])n1.c1ccc(P(c2ccccc2)c2ccccc2)cc1. The molecule has 2 heterocycles. The molecule has 0 aliphatic carbocycles. The second-order valence-corrected chi connectivity index (χ2v) is 19.4. The number of hydrogen-bond donors (Lipinski definition) is 2. The van der Waals surface area contributed by atoms with Crippen LogP contribution in [-0.4, -0.2) is 221 Å². The Bertz CT molecular complexity index is 2240. The summed E-state index contributed by atoms with van der Waals surface area (Å²) < 4.78 is 86.4. The molecule has 0 bridgehead atoms. The van der Waals surface area contributed by atoms with Crippen molar-refractivity contribution in [2.45, 2.75) is 0 Å². The predicted octanol–water partition coefficient (Wildman–Crippen LogP) is 5.86. The number of rotatable bonds is 53. The van der Waals surface area contributed by atoms with E-state index in [0.717, 1.165) is 0 Å². The first-order valence-electron chi connectivity index (χ1n) is 28.9. The molecular weight excluding hydrogens is 1150 g/mol. The zero-order chi connectivity index (χ0) is 61.7. The molecule has 5 rings (SSSR count). The van der Waals surface area contributed by atoms with Crippen molar-refractivity contribution < 1.29 is 75.8 Å². The van der Waals surface area contributed by atoms with Crippen molar-refractivity contribution in [1.29, 1.82) is 0 Å². The second kappa shape index (κ2) is 57.4. The van der Waals surface area contributed by atoms with Crippen molar-refractivity contribution in [1.82, 2.24) is 9.97 Å². The Labute approximate surface area is 512 Å². The monoisotopic (exact) mass is 1240 g/mol. The maximum atomic E-state index is 8.13. The van der Waals surface area contributed by atoms with E-state index in [4.69, 9.17) is 98.3 Å². The highest BCUT2D eigenvalue weighted by Crippen LogP contribution is 2.32. The maximum absolute atomic E-state index is 8.13. The normalized spacial score (nSPS) is 10.7. The summed E-state index contributed by atoms with van der Waals surface area (Å²) in [5.74, 6) is 1.85. The number of nitrogens with two attached hydrogens (primary N) is 2. The van der Waals surface area contributed by atoms with Gasteiger partial charge in [0.2, 0.25) is 23.5 Å². The summed E-state index contributed by atoms with van der Waals surface area (Å²) in [4.78, 5) is 13.8. The highest BCUT2D eigenvalue weighted by molar-refractivity contribution is 7.79. The van der Waals surface area contributed by atoms with Crippen LogP contribution in [0.2, 0.25) is 0 Å². The van der Waals surface area contributed by atoms with Crippen molar-refractivity contribution in [3.8, 4) is 23.5 Å². The molecular formula is C60H89N10O16P. The van der Waals surface area contributed by atoms with Crippen LogP contribution in [0.5, 0.6) is 23.5 Å². The van der Waals surface area contributed by atoms with Crippen LogP contribution in [0.4, 0.5) is 0 Å². The van der Waals surface area contributed by atoms with Crippen LogP contribution in [-0.2, 0) is 56.8 Å². The third-order valence-electron chi connectivity index (χ3n) is 10.6. The number of ether oxygens (including phenoxy) is 16. The fraction of sp³-hybridized carbons (Fsp3) is 0.533. The summed E-state index contributed by atoms with van der Waals surface area (Å²) in [6, 6.07) is 43.0. The van der Waals surface area contributed by atoms with Gasteiger partial charge in [-0.05, 0) is 34.9 Å². The predicted molar refractivity (Wildman–Crippen MR) is 332 cm³/mol. The standard InChI is InChI=1S/C21H35N7O8.C21H39N3O8.C18H15P/c22-27-24-4-6-29-8-10-31-12-14-33-16-18-35-20-2-1-3-21(26-20)36-19-17-34-15-13-32-11-9-30-7-5-25-28-23;22-4-6-25-8-10-27-12-14-29-16-18-31-20-2-1-3-21(24-20)32-19-17-30-15-13-28-11-9-26-7-5-23;1-4-10-16(11-5-1)19(17-12-6-2-7-13-17)18-14-8-3-9-15-18/h1-3H,4-19H2;1-3H,4-19,22-23H2;1-15H. The first-order valence-corrected chi connectivity index (χ1v) is 30.3. The van der Waals surface area contributed by atoms with Crippen LogP contribution in [0, 0.1) is 0 Å². The van der Waals surface area contributed by atoms with E-state index in [1.165, 1.54) is 15.9 Å². The van der Waals surface area contributed by atoms with Gasteiger partial charge in [-0.2, -0.15) is 9.97 Å². The molecule has 27 heteroatoms. The summed E-state index contributed by atoms with van der Waals surface area (Å²) in [6.45, 7) is 14.3. The Kier molecular flexibility index (Phi) is 49.4. The van der Waals surface area contributed by atoms with Crippen LogP contribution in [0.15, 0.2) is 138 Å². The molecule has 0 amide bonds. The number of azide groups is 2. The van der Waals surface area contributed by atoms with Gasteiger partial charge in [0.25, 0.3) is 0 Å². The topological polar surface area (TPSA) is 323 Å². The van der Waals surface area contributed by atoms with Crippen molar-refractivity contribution >= 4 is 23.8 Å². The van der Waals surface area contributed by atoms with Crippen LogP contribution < -0.4 is 46.3 Å². The number of nitrogens with zero attached hydrogens (tertiary/aromatic N) is 8. The molecule has 0 aliphatic rings. The minimum atomic E-state index is -0.446. The molecule has 4 N–H and O–H groups in total. The Morgan fingerprint density at radius 3 is 0.736 bits per heavy atom. The summed E-state index contributed by atoms with van der Waals surface area (Å²) in [6.07, 6.45) is 0. The molecule has 5 aromatic rings. The molecule has 2 aromatic heterocycles. The van der Waals surface area contributed by atoms with Crippen molar-refractivity contribution in [3.63, 3.8) is 0 Å². The summed E-state index contributed by atoms with van der Waals surface area (Å²) in [7, 11) is -0.446. The molecule has 26 nitrogen and oxygen atoms in total. The lowest BCUT2D eigenvalue weighted by atomic mass is 10.4. The molecule has 0 atom stereocenters. The Morgan fingerprint density at radius 2 is 0.506 bits per heavy atom. The number of pyridine rings is 2. The maximum Gasteiger partial charge on any atom is 0.216 e. The van der Waals surface area contributed by atoms with E-state index in [0.29, 0.717) is 235 Å². The average molecular weight is 1240 g/mol. The third-order valence-corrected chi connectivity index (χ3v) is 13.1. The van der Waals surface area contributed by atoms with Crippen LogP contribution in [0.25, 0.3) is 20.9 Å². The van der Waals surface area contributed by atoms with Gasteiger partial charge in [0, 0.05) is 60.3 Å². The van der Waals surface area contributed by atoms with Gasteiger partial charge in [0.1, 0.15) is 26.4 Å². The summed E-state index contributed by atoms with van der Waals surface area (Å²) in [5, 5.41) is 10.9. The molecule has 0 saturated heterocycles. The smallest absolute Gasteiger partial charge is 0.216 e. The number of hydrogen-bond acceptors (Lipinski definition) is 22. The lowest BCUT2D eigenvalue weighted by Gasteiger charge is -2.18. The molecule has 480 valence electrons. The van der Waals surface area contributed by atoms with E-state index < -0.39 is 7.92 Å². The molecule has 0 spiro atoms. The van der Waals surface area contributed by atoms with E-state index in [1.807, 2.05) is 6.07 Å². The minimum Gasteiger partial charge on any atom is -0.475 e. The number of benzene rings is 3. The highest BCUT2D eigenvalue weighted by atomic mass is 31.1. The first-order chi connectivity index (χ1) is 43.2. The zero-order valence-corrected chi connectivity index (χ0v) is 50.9. The van der Waals surface area contributed by atoms with Crippen LogP contribution in [0.3, 0.4) is 0 Å². The Balaban J connectivity index is 0.000000355. The molecule has 0 unspecified atom stereocenters. The van der Waals surface area contributed by atoms with Gasteiger partial charge in [-0.15, -0.1) is 0 Å². The molecule has 0 radical (unpaired) electrons. The molecule has 0 saturated carbocycles. The largest absolute Gasteiger partial charge is 0.475 e. The summed E-state index contributed by atoms with van der Waals surface area (Å²) >= 11 is 0. The molecule has 87 heavy (non-hydrogen) atoms. The van der Waals surface area contributed by atoms with E-state index >= 15 is 0 Å². The second-order valence-electron chi connectivity index (χ2n) is 17.2. The third kappa shape index (κ3) is 43.0. The molecule has 0 aliphatic heterocycles. The Morgan fingerprint density at radius 1 is 0.287 bits per heavy atom. The minimum absolute atomic E-state index is 0.315. The number of aromatic nitrogens is 2. The highest BCUT2D eigenvalue weighted by Gasteiger charge is 2.15. The quantitative estimate of drug-likeness (QED) is 0.0151. The van der Waals surface area contributed by atoms with Gasteiger partial charge in [-0.3, -0.25) is 0 Å². The van der Waals surface area contributed by atoms with Crippen molar-refractivity contribution in [2.75, 3.05) is 211 Å². The van der Waals surface area contributed by atoms with Gasteiger partial charge < -0.3 is 87.3 Å². The van der Waals surface area contributed by atoms with E-state index in [1.54, 1.807) is 30.3 Å². The molecule has 0 fully saturated rings. The summed E-state index contributed by atoms with van der Waals surface area (Å²) in [5.41, 5.74) is 26.9. The van der Waals surface area contributed by atoms with Gasteiger partial charge in [-0.1, -0.05) is 113 Å². The van der Waals surface area contributed by atoms with Gasteiger partial charge in [0.05, 0.1) is 159 Å². The van der Waals surface area contributed by atoms with E-state index in [-0.39, 0.29) is 0 Å². The molecule has 3 aromatic carbocycles. The van der Waals surface area contributed by atoms with E-state index in [9.17, 15) is 0 Å². The Hall–Kier alpha value is -6.35. The van der Waals surface area contributed by atoms with E-state index in [2.05, 4.69) is 121 Å². The van der Waals surface area contributed by atoms with Crippen LogP contribution in [0.1, 0.15) is 0 Å². The van der Waals surface area contributed by atoms with Crippen molar-refractivity contribution in [3.05, 3.63) is 148 Å². The lowest BCUT2D eigenvalue weighted by molar-refractivity contribution is 0.00963. The average Bonchev–Trinajstić information content (AvgIpc) is 2.57. The van der Waals surface area contributed by atoms with Crippen LogP contribution >= 0.6 is 7.92 Å². The van der Waals surface area contributed by atoms with Gasteiger partial charge in [-0.25, -0.2) is 0 Å². The van der Waals surface area contributed by atoms with Gasteiger partial charge in [0.15, 0.2) is 0 Å². The lowest BCUT2D eigenvalue weighted by Crippen LogP contribution is -2.20. The van der Waals surface area contributed by atoms with Crippen molar-refractivity contribution in [2.24, 2.45) is 21.7 Å². The van der Waals surface area contributed by atoms with Gasteiger partial charge >= 0.3 is 0 Å². The zero-order valence-electron chi connectivity index (χ0n) is 50.0.